The summed E-state index contributed by atoms with van der Waals surface area (Å²) in [5, 5.41) is 0. The van der Waals surface area contributed by atoms with E-state index in [1.54, 1.807) is 13.2 Å². The molecule has 7 heteroatoms. The number of ether oxygens (including phenoxy) is 1. The first-order valence-corrected chi connectivity index (χ1v) is 8.53. The van der Waals surface area contributed by atoms with Crippen molar-refractivity contribution in [3.63, 3.8) is 0 Å². The van der Waals surface area contributed by atoms with Crippen molar-refractivity contribution in [2.24, 2.45) is 0 Å². The number of methoxy groups -OCH3 is 1. The van der Waals surface area contributed by atoms with Crippen LogP contribution in [0.25, 0.3) is 11.1 Å². The number of oxazole rings is 1. The molecule has 6 nitrogen and oxygen atoms in total. The summed E-state index contributed by atoms with van der Waals surface area (Å²) >= 11 is 0. The van der Waals surface area contributed by atoms with Gasteiger partial charge in [0.05, 0.1) is 12.0 Å². The average molecular weight is 332 g/mol. The summed E-state index contributed by atoms with van der Waals surface area (Å²) in [5.74, 6) is 0.745. The van der Waals surface area contributed by atoms with Crippen molar-refractivity contribution in [2.75, 3.05) is 13.7 Å². The maximum Gasteiger partial charge on any atom is 0.240 e. The molecule has 23 heavy (non-hydrogen) atoms. The summed E-state index contributed by atoms with van der Waals surface area (Å²) in [7, 11) is -2.01. The number of para-hydroxylation sites is 1. The molecule has 2 aromatic carbocycles. The van der Waals surface area contributed by atoms with Gasteiger partial charge in [0.25, 0.3) is 0 Å². The van der Waals surface area contributed by atoms with Gasteiger partial charge in [-0.1, -0.05) is 18.2 Å². The highest BCUT2D eigenvalue weighted by Crippen LogP contribution is 2.19. The van der Waals surface area contributed by atoms with Crippen LogP contribution in [0.15, 0.2) is 58.2 Å². The lowest BCUT2D eigenvalue weighted by molar-refractivity contribution is 0.409. The summed E-state index contributed by atoms with van der Waals surface area (Å²) in [5.41, 5.74) is 2.01. The van der Waals surface area contributed by atoms with Gasteiger partial charge < -0.3 is 9.15 Å². The second kappa shape index (κ2) is 6.39. The molecule has 0 atom stereocenters. The van der Waals surface area contributed by atoms with E-state index in [9.17, 15) is 8.42 Å². The fourth-order valence-corrected chi connectivity index (χ4v) is 3.36. The highest BCUT2D eigenvalue weighted by Gasteiger charge is 2.15. The van der Waals surface area contributed by atoms with Gasteiger partial charge >= 0.3 is 0 Å². The normalized spacial score (nSPS) is 11.7. The number of hydrogen-bond acceptors (Lipinski definition) is 5. The molecule has 0 aliphatic heterocycles. The summed E-state index contributed by atoms with van der Waals surface area (Å²) in [6, 6.07) is 12.1. The first-order chi connectivity index (χ1) is 11.1. The Kier molecular flexibility index (Phi) is 4.31. The van der Waals surface area contributed by atoms with Gasteiger partial charge in [0, 0.05) is 12.6 Å². The lowest BCUT2D eigenvalue weighted by Crippen LogP contribution is -2.26. The first kappa shape index (κ1) is 15.5. The van der Waals surface area contributed by atoms with E-state index in [4.69, 9.17) is 9.15 Å². The van der Waals surface area contributed by atoms with Crippen LogP contribution >= 0.6 is 0 Å². The van der Waals surface area contributed by atoms with Gasteiger partial charge in [0.15, 0.2) is 12.0 Å². The molecule has 1 aromatic heterocycles. The third kappa shape index (κ3) is 3.35. The molecule has 1 N–H and O–H groups in total. The Morgan fingerprint density at radius 3 is 2.87 bits per heavy atom. The monoisotopic (exact) mass is 332 g/mol. The van der Waals surface area contributed by atoms with Gasteiger partial charge in [-0.25, -0.2) is 18.1 Å². The summed E-state index contributed by atoms with van der Waals surface area (Å²) in [4.78, 5) is 4.12. The zero-order valence-electron chi connectivity index (χ0n) is 12.5. The molecular formula is C16H16N2O4S. The summed E-state index contributed by atoms with van der Waals surface area (Å²) < 4.78 is 37.7. The number of nitrogens with zero attached hydrogens (tertiary/aromatic N) is 1. The van der Waals surface area contributed by atoms with Crippen molar-refractivity contribution in [2.45, 2.75) is 11.3 Å². The Labute approximate surface area is 134 Å². The Morgan fingerprint density at radius 2 is 2.04 bits per heavy atom. The molecule has 0 fully saturated rings. The van der Waals surface area contributed by atoms with Crippen LogP contribution in [0.3, 0.4) is 0 Å². The molecule has 0 amide bonds. The number of nitrogens with one attached hydrogen (secondary N) is 1. The Hall–Kier alpha value is -2.38. The van der Waals surface area contributed by atoms with Crippen LogP contribution in [0.4, 0.5) is 0 Å². The van der Waals surface area contributed by atoms with Crippen molar-refractivity contribution >= 4 is 21.1 Å². The van der Waals surface area contributed by atoms with Crippen LogP contribution in [-0.4, -0.2) is 27.1 Å². The molecule has 0 aliphatic carbocycles. The largest absolute Gasteiger partial charge is 0.496 e. The van der Waals surface area contributed by atoms with Gasteiger partial charge in [0.2, 0.25) is 10.0 Å². The molecule has 3 rings (SSSR count). The van der Waals surface area contributed by atoms with Gasteiger partial charge in [-0.15, -0.1) is 0 Å². The predicted octanol–water partition coefficient (Wildman–Crippen LogP) is 2.36. The molecule has 0 radical (unpaired) electrons. The second-order valence-electron chi connectivity index (χ2n) is 4.94. The SMILES string of the molecule is COc1ccccc1CCNS(=O)(=O)c1ccc2ncoc2c1. The number of aromatic nitrogens is 1. The van der Waals surface area contributed by atoms with Crippen molar-refractivity contribution in [1.82, 2.24) is 9.71 Å². The summed E-state index contributed by atoms with van der Waals surface area (Å²) in [6.07, 6.45) is 1.82. The lowest BCUT2D eigenvalue weighted by Gasteiger charge is -2.09. The zero-order chi connectivity index (χ0) is 16.3. The number of rotatable bonds is 6. The molecule has 3 aromatic rings. The van der Waals surface area contributed by atoms with Crippen LogP contribution < -0.4 is 9.46 Å². The smallest absolute Gasteiger partial charge is 0.240 e. The molecule has 0 spiro atoms. The number of benzene rings is 2. The minimum absolute atomic E-state index is 0.154. The Bertz CT molecular complexity index is 918. The topological polar surface area (TPSA) is 81.4 Å². The van der Waals surface area contributed by atoms with Crippen LogP contribution in [0, 0.1) is 0 Å². The van der Waals surface area contributed by atoms with Crippen molar-refractivity contribution in [3.05, 3.63) is 54.4 Å². The zero-order valence-corrected chi connectivity index (χ0v) is 13.3. The van der Waals surface area contributed by atoms with E-state index in [0.717, 1.165) is 11.3 Å². The molecule has 0 unspecified atom stereocenters. The van der Waals surface area contributed by atoms with E-state index in [-0.39, 0.29) is 11.4 Å². The van der Waals surface area contributed by atoms with Crippen molar-refractivity contribution < 1.29 is 17.6 Å². The van der Waals surface area contributed by atoms with E-state index in [1.165, 1.54) is 18.5 Å². The fraction of sp³-hybridized carbons (Fsp3) is 0.188. The van der Waals surface area contributed by atoms with Gasteiger partial charge in [-0.3, -0.25) is 0 Å². The molecule has 1 heterocycles. The van der Waals surface area contributed by atoms with E-state index in [1.807, 2.05) is 24.3 Å². The third-order valence-electron chi connectivity index (χ3n) is 3.49. The number of sulfonamides is 1. The third-order valence-corrected chi connectivity index (χ3v) is 4.95. The minimum Gasteiger partial charge on any atom is -0.496 e. The maximum absolute atomic E-state index is 12.3. The van der Waals surface area contributed by atoms with Crippen LogP contribution in [0.5, 0.6) is 5.75 Å². The molecule has 0 bridgehead atoms. The van der Waals surface area contributed by atoms with Crippen LogP contribution in [-0.2, 0) is 16.4 Å². The van der Waals surface area contributed by atoms with Gasteiger partial charge in [-0.2, -0.15) is 0 Å². The predicted molar refractivity (Wildman–Crippen MR) is 85.9 cm³/mol. The molecular weight excluding hydrogens is 316 g/mol. The standard InChI is InChI=1S/C16H16N2O4S/c1-21-15-5-3-2-4-12(15)8-9-18-23(19,20)13-6-7-14-16(10-13)22-11-17-14/h2-7,10-11,18H,8-9H2,1H3. The van der Waals surface area contributed by atoms with Crippen molar-refractivity contribution in [1.29, 1.82) is 0 Å². The van der Waals surface area contributed by atoms with Gasteiger partial charge in [0.1, 0.15) is 11.3 Å². The van der Waals surface area contributed by atoms with Crippen LogP contribution in [0.2, 0.25) is 0 Å². The quantitative estimate of drug-likeness (QED) is 0.749. The Balaban J connectivity index is 1.71. The van der Waals surface area contributed by atoms with Gasteiger partial charge in [-0.05, 0) is 30.2 Å². The lowest BCUT2D eigenvalue weighted by atomic mass is 10.1. The van der Waals surface area contributed by atoms with E-state index < -0.39 is 10.0 Å². The van der Waals surface area contributed by atoms with E-state index in [0.29, 0.717) is 17.5 Å². The average Bonchev–Trinajstić information content (AvgIpc) is 3.02. The molecule has 0 aliphatic rings. The highest BCUT2D eigenvalue weighted by atomic mass is 32.2. The highest BCUT2D eigenvalue weighted by molar-refractivity contribution is 7.89. The summed E-state index contributed by atoms with van der Waals surface area (Å²) in [6.45, 7) is 0.275. The van der Waals surface area contributed by atoms with E-state index >= 15 is 0 Å². The number of fused-ring (bicyclic) bond motifs is 1. The van der Waals surface area contributed by atoms with Crippen molar-refractivity contribution in [3.8, 4) is 5.75 Å². The second-order valence-corrected chi connectivity index (χ2v) is 6.71. The molecule has 0 saturated heterocycles. The fourth-order valence-electron chi connectivity index (χ4n) is 2.32. The first-order valence-electron chi connectivity index (χ1n) is 7.05. The van der Waals surface area contributed by atoms with Crippen LogP contribution in [0.1, 0.15) is 5.56 Å². The molecule has 0 saturated carbocycles. The molecule has 120 valence electrons. The number of hydrogen-bond donors (Lipinski definition) is 1. The minimum atomic E-state index is -3.60. The Morgan fingerprint density at radius 1 is 1.22 bits per heavy atom. The van der Waals surface area contributed by atoms with E-state index in [2.05, 4.69) is 9.71 Å². The maximum atomic E-state index is 12.3.